The van der Waals surface area contributed by atoms with E-state index >= 15 is 0 Å². The Balaban J connectivity index is 2.97. The van der Waals surface area contributed by atoms with Crippen molar-refractivity contribution in [3.63, 3.8) is 0 Å². The van der Waals surface area contributed by atoms with Gasteiger partial charge in [-0.15, -0.1) is 0 Å². The van der Waals surface area contributed by atoms with Crippen LogP contribution in [0, 0.1) is 0 Å². The molecule has 1 aliphatic rings. The molecule has 0 amide bonds. The number of aliphatic carboxylic acids is 1. The fourth-order valence-corrected chi connectivity index (χ4v) is 0.954. The lowest BCUT2D eigenvalue weighted by Crippen LogP contribution is -2.33. The van der Waals surface area contributed by atoms with E-state index in [2.05, 4.69) is 0 Å². The number of halogens is 2. The molecular formula is C7H6ClFO2. The van der Waals surface area contributed by atoms with Crippen molar-refractivity contribution in [1.82, 2.24) is 0 Å². The van der Waals surface area contributed by atoms with E-state index < -0.39 is 16.7 Å². The van der Waals surface area contributed by atoms with Crippen LogP contribution in [0.2, 0.25) is 0 Å². The Morgan fingerprint density at radius 2 is 2.45 bits per heavy atom. The summed E-state index contributed by atoms with van der Waals surface area (Å²) in [5, 5.41) is 8.52. The number of carboxylic acids is 1. The molecule has 0 saturated heterocycles. The quantitative estimate of drug-likeness (QED) is 0.620. The van der Waals surface area contributed by atoms with Crippen LogP contribution in [0.25, 0.3) is 0 Å². The summed E-state index contributed by atoms with van der Waals surface area (Å²) >= 11 is 5.47. The van der Waals surface area contributed by atoms with Crippen LogP contribution in [0.5, 0.6) is 0 Å². The maximum Gasteiger partial charge on any atom is 0.332 e. The number of alkyl halides is 1. The third-order valence-corrected chi connectivity index (χ3v) is 1.99. The summed E-state index contributed by atoms with van der Waals surface area (Å²) in [6.07, 6.45) is 4.01. The number of carbonyl (C=O) groups is 1. The fraction of sp³-hybridized carbons (Fsp3) is 0.286. The molecule has 0 aromatic carbocycles. The number of allylic oxidation sites excluding steroid dienone is 3. The Hall–Kier alpha value is -0.830. The van der Waals surface area contributed by atoms with Gasteiger partial charge in [0.05, 0.1) is 0 Å². The van der Waals surface area contributed by atoms with Gasteiger partial charge in [-0.2, -0.15) is 0 Å². The molecule has 0 fully saturated rings. The van der Waals surface area contributed by atoms with Crippen molar-refractivity contribution in [2.45, 2.75) is 11.3 Å². The molecule has 11 heavy (non-hydrogen) atoms. The summed E-state index contributed by atoms with van der Waals surface area (Å²) in [5.74, 6) is -2.16. The van der Waals surface area contributed by atoms with Gasteiger partial charge in [0.1, 0.15) is 5.83 Å². The maximum absolute atomic E-state index is 12.8. The molecule has 0 aromatic rings. The number of hydrogen-bond donors (Lipinski definition) is 1. The normalized spacial score (nSPS) is 29.8. The second-order valence-corrected chi connectivity index (χ2v) is 2.90. The van der Waals surface area contributed by atoms with E-state index in [1.54, 1.807) is 0 Å². The van der Waals surface area contributed by atoms with Crippen molar-refractivity contribution >= 4 is 17.6 Å². The number of hydrogen-bond acceptors (Lipinski definition) is 1. The topological polar surface area (TPSA) is 37.3 Å². The molecule has 2 nitrogen and oxygen atoms in total. The highest BCUT2D eigenvalue weighted by Gasteiger charge is 2.41. The third kappa shape index (κ3) is 1.28. The largest absolute Gasteiger partial charge is 0.480 e. The molecule has 1 atom stereocenters. The number of rotatable bonds is 1. The zero-order valence-electron chi connectivity index (χ0n) is 5.55. The molecule has 1 unspecified atom stereocenters. The van der Waals surface area contributed by atoms with E-state index in [1.165, 1.54) is 12.2 Å². The van der Waals surface area contributed by atoms with Crippen LogP contribution in [0.1, 0.15) is 6.42 Å². The van der Waals surface area contributed by atoms with E-state index in [4.69, 9.17) is 16.7 Å². The van der Waals surface area contributed by atoms with E-state index in [1.807, 2.05) is 0 Å². The summed E-state index contributed by atoms with van der Waals surface area (Å²) in [5.41, 5.74) is 0. The second kappa shape index (κ2) is 2.66. The molecular weight excluding hydrogens is 171 g/mol. The minimum absolute atomic E-state index is 0.00772. The van der Waals surface area contributed by atoms with Gasteiger partial charge in [0.2, 0.25) is 0 Å². The van der Waals surface area contributed by atoms with Gasteiger partial charge in [-0.1, -0.05) is 23.8 Å². The number of carboxylic acid groups (broad SMARTS) is 1. The summed E-state index contributed by atoms with van der Waals surface area (Å²) in [4.78, 5) is 8.57. The lowest BCUT2D eigenvalue weighted by Gasteiger charge is -2.20. The highest BCUT2D eigenvalue weighted by atomic mass is 35.5. The zero-order chi connectivity index (χ0) is 8.48. The van der Waals surface area contributed by atoms with Crippen LogP contribution in [0.3, 0.4) is 0 Å². The van der Waals surface area contributed by atoms with Crippen molar-refractivity contribution in [3.05, 3.63) is 24.1 Å². The molecule has 0 radical (unpaired) electrons. The van der Waals surface area contributed by atoms with Crippen LogP contribution >= 0.6 is 11.6 Å². The van der Waals surface area contributed by atoms with Gasteiger partial charge >= 0.3 is 5.97 Å². The molecule has 1 N–H and O–H groups in total. The predicted octanol–water partition coefficient (Wildman–Crippen LogP) is 1.86. The molecule has 4 heteroatoms. The average molecular weight is 177 g/mol. The van der Waals surface area contributed by atoms with E-state index in [-0.39, 0.29) is 6.42 Å². The standard InChI is InChI=1S/C7H6ClFO2/c8-7(6(10)11)4-2-1-3-5(7)9/h1-3H,4H2,(H,10,11). The van der Waals surface area contributed by atoms with Gasteiger partial charge in [-0.05, 0) is 6.08 Å². The lowest BCUT2D eigenvalue weighted by atomic mass is 9.99. The Morgan fingerprint density at radius 3 is 2.82 bits per heavy atom. The van der Waals surface area contributed by atoms with Gasteiger partial charge < -0.3 is 5.11 Å². The van der Waals surface area contributed by atoms with Crippen LogP contribution in [0.4, 0.5) is 4.39 Å². The zero-order valence-corrected chi connectivity index (χ0v) is 6.31. The smallest absolute Gasteiger partial charge is 0.332 e. The van der Waals surface area contributed by atoms with Gasteiger partial charge in [-0.25, -0.2) is 9.18 Å². The monoisotopic (exact) mass is 176 g/mol. The molecule has 1 aliphatic carbocycles. The molecule has 0 saturated carbocycles. The summed E-state index contributed by atoms with van der Waals surface area (Å²) in [7, 11) is 0. The molecule has 1 rings (SSSR count). The Morgan fingerprint density at radius 1 is 1.82 bits per heavy atom. The van der Waals surface area contributed by atoms with Crippen LogP contribution in [0.15, 0.2) is 24.1 Å². The maximum atomic E-state index is 12.8. The first kappa shape index (κ1) is 8.27. The summed E-state index contributed by atoms with van der Waals surface area (Å²) in [6, 6.07) is 0. The Kier molecular flexibility index (Phi) is 2.00. The summed E-state index contributed by atoms with van der Waals surface area (Å²) < 4.78 is 12.8. The third-order valence-electron chi connectivity index (χ3n) is 1.50. The summed E-state index contributed by atoms with van der Waals surface area (Å²) in [6.45, 7) is 0. The predicted molar refractivity (Wildman–Crippen MR) is 39.2 cm³/mol. The van der Waals surface area contributed by atoms with Crippen LogP contribution < -0.4 is 0 Å². The average Bonchev–Trinajstić information content (AvgIpc) is 1.95. The Labute approximate surface area is 68.0 Å². The SMILES string of the molecule is O=C(O)C1(Cl)CC=CC=C1F. The highest BCUT2D eigenvalue weighted by Crippen LogP contribution is 2.33. The van der Waals surface area contributed by atoms with Crippen molar-refractivity contribution in [1.29, 1.82) is 0 Å². The van der Waals surface area contributed by atoms with Crippen molar-refractivity contribution in [2.75, 3.05) is 0 Å². The molecule has 0 aliphatic heterocycles. The van der Waals surface area contributed by atoms with Crippen molar-refractivity contribution in [2.24, 2.45) is 0 Å². The van der Waals surface area contributed by atoms with Crippen LogP contribution in [-0.4, -0.2) is 16.0 Å². The van der Waals surface area contributed by atoms with Gasteiger partial charge in [0, 0.05) is 6.42 Å². The van der Waals surface area contributed by atoms with Crippen molar-refractivity contribution < 1.29 is 14.3 Å². The molecule has 0 bridgehead atoms. The minimum atomic E-state index is -1.87. The Bertz CT molecular complexity index is 247. The van der Waals surface area contributed by atoms with Crippen LogP contribution in [-0.2, 0) is 4.79 Å². The molecule has 0 aromatic heterocycles. The highest BCUT2D eigenvalue weighted by molar-refractivity contribution is 6.36. The molecule has 0 heterocycles. The van der Waals surface area contributed by atoms with Gasteiger partial charge in [0.15, 0.2) is 4.87 Å². The van der Waals surface area contributed by atoms with E-state index in [0.717, 1.165) is 6.08 Å². The first-order valence-electron chi connectivity index (χ1n) is 3.02. The van der Waals surface area contributed by atoms with Crippen molar-refractivity contribution in [3.8, 4) is 0 Å². The fourth-order valence-electron chi connectivity index (χ4n) is 0.802. The van der Waals surface area contributed by atoms with E-state index in [0.29, 0.717) is 0 Å². The lowest BCUT2D eigenvalue weighted by molar-refractivity contribution is -0.139. The first-order valence-corrected chi connectivity index (χ1v) is 3.40. The van der Waals surface area contributed by atoms with E-state index in [9.17, 15) is 9.18 Å². The van der Waals surface area contributed by atoms with Gasteiger partial charge in [-0.3, -0.25) is 0 Å². The minimum Gasteiger partial charge on any atom is -0.480 e. The molecule has 60 valence electrons. The molecule has 0 spiro atoms. The van der Waals surface area contributed by atoms with Gasteiger partial charge in [0.25, 0.3) is 0 Å². The first-order chi connectivity index (χ1) is 5.07. The second-order valence-electron chi connectivity index (χ2n) is 2.25.